The van der Waals surface area contributed by atoms with E-state index in [1.807, 2.05) is 0 Å². The summed E-state index contributed by atoms with van der Waals surface area (Å²) in [6, 6.07) is 4.57. The molecule has 0 spiro atoms. The molecule has 0 heterocycles. The summed E-state index contributed by atoms with van der Waals surface area (Å²) in [5, 5.41) is 0. The Morgan fingerprint density at radius 3 is 2.69 bits per heavy atom. The van der Waals surface area contributed by atoms with Gasteiger partial charge in [0.15, 0.2) is 0 Å². The molecule has 0 aliphatic heterocycles. The normalized spacial score (nSPS) is 18.7. The highest BCUT2D eigenvalue weighted by molar-refractivity contribution is 5.37. The second-order valence-corrected chi connectivity index (χ2v) is 4.46. The van der Waals surface area contributed by atoms with E-state index in [-0.39, 0.29) is 18.0 Å². The van der Waals surface area contributed by atoms with Crippen LogP contribution in [0.5, 0.6) is 5.75 Å². The van der Waals surface area contributed by atoms with Crippen molar-refractivity contribution < 1.29 is 9.13 Å². The Labute approximate surface area is 95.6 Å². The van der Waals surface area contributed by atoms with Gasteiger partial charge in [-0.3, -0.25) is 0 Å². The smallest absolute Gasteiger partial charge is 0.131 e. The van der Waals surface area contributed by atoms with Crippen LogP contribution in [0.25, 0.3) is 0 Å². The predicted octanol–water partition coefficient (Wildman–Crippen LogP) is 3.17. The third kappa shape index (κ3) is 2.35. The average Bonchev–Trinajstić information content (AvgIpc) is 2.70. The summed E-state index contributed by atoms with van der Waals surface area (Å²) >= 11 is 0. The van der Waals surface area contributed by atoms with Gasteiger partial charge in [-0.25, -0.2) is 4.39 Å². The van der Waals surface area contributed by atoms with Gasteiger partial charge in [-0.15, -0.1) is 0 Å². The van der Waals surface area contributed by atoms with E-state index in [2.05, 4.69) is 0 Å². The van der Waals surface area contributed by atoms with Crippen LogP contribution < -0.4 is 10.5 Å². The van der Waals surface area contributed by atoms with Crippen molar-refractivity contribution in [1.29, 1.82) is 0 Å². The summed E-state index contributed by atoms with van der Waals surface area (Å²) in [6.45, 7) is 1.78. The first-order valence-corrected chi connectivity index (χ1v) is 5.89. The van der Waals surface area contributed by atoms with Crippen LogP contribution in [0.1, 0.15) is 44.2 Å². The molecule has 0 amide bonds. The lowest BCUT2D eigenvalue weighted by Gasteiger charge is -2.18. The summed E-state index contributed by atoms with van der Waals surface area (Å²) < 4.78 is 19.4. The Morgan fingerprint density at radius 2 is 2.06 bits per heavy atom. The summed E-state index contributed by atoms with van der Waals surface area (Å²) in [6.07, 6.45) is 4.77. The first kappa shape index (κ1) is 11.4. The Bertz CT molecular complexity index is 359. The van der Waals surface area contributed by atoms with Crippen molar-refractivity contribution in [3.8, 4) is 5.75 Å². The monoisotopic (exact) mass is 223 g/mol. The molecule has 1 atom stereocenters. The molecule has 1 aliphatic carbocycles. The zero-order valence-electron chi connectivity index (χ0n) is 9.58. The zero-order chi connectivity index (χ0) is 11.5. The van der Waals surface area contributed by atoms with Gasteiger partial charge in [-0.1, -0.05) is 6.07 Å². The van der Waals surface area contributed by atoms with E-state index in [1.165, 1.54) is 18.9 Å². The first-order valence-electron chi connectivity index (χ1n) is 5.89. The number of nitrogens with two attached hydrogens (primary N) is 1. The number of halogens is 1. The molecule has 1 aromatic carbocycles. The van der Waals surface area contributed by atoms with Gasteiger partial charge in [-0.05, 0) is 44.7 Å². The van der Waals surface area contributed by atoms with E-state index in [4.69, 9.17) is 10.5 Å². The molecule has 2 nitrogen and oxygen atoms in total. The highest BCUT2D eigenvalue weighted by atomic mass is 19.1. The van der Waals surface area contributed by atoms with Gasteiger partial charge in [0.2, 0.25) is 0 Å². The van der Waals surface area contributed by atoms with Crippen LogP contribution in [0.4, 0.5) is 4.39 Å². The van der Waals surface area contributed by atoms with Crippen LogP contribution in [-0.2, 0) is 0 Å². The topological polar surface area (TPSA) is 35.2 Å². The molecule has 0 unspecified atom stereocenters. The average molecular weight is 223 g/mol. The number of benzene rings is 1. The molecule has 0 radical (unpaired) electrons. The van der Waals surface area contributed by atoms with Gasteiger partial charge in [0.1, 0.15) is 11.6 Å². The predicted molar refractivity (Wildman–Crippen MR) is 61.9 cm³/mol. The molecule has 1 aliphatic rings. The second kappa shape index (κ2) is 4.83. The van der Waals surface area contributed by atoms with Crippen LogP contribution in [0, 0.1) is 5.82 Å². The lowest BCUT2D eigenvalue weighted by atomic mass is 10.1. The van der Waals surface area contributed by atoms with Crippen molar-refractivity contribution in [2.45, 2.75) is 44.8 Å². The Morgan fingerprint density at radius 1 is 1.38 bits per heavy atom. The SMILES string of the molecule is C[C@@H](N)c1c(F)cccc1OC1CCCC1. The number of rotatable bonds is 3. The van der Waals surface area contributed by atoms with E-state index >= 15 is 0 Å². The summed E-state index contributed by atoms with van der Waals surface area (Å²) in [5.41, 5.74) is 6.26. The van der Waals surface area contributed by atoms with E-state index < -0.39 is 0 Å². The molecule has 2 N–H and O–H groups in total. The van der Waals surface area contributed by atoms with Crippen LogP contribution in [0.15, 0.2) is 18.2 Å². The summed E-state index contributed by atoms with van der Waals surface area (Å²) in [7, 11) is 0. The van der Waals surface area contributed by atoms with E-state index in [9.17, 15) is 4.39 Å². The third-order valence-corrected chi connectivity index (χ3v) is 3.06. The van der Waals surface area contributed by atoms with Crippen LogP contribution >= 0.6 is 0 Å². The van der Waals surface area contributed by atoms with Crippen molar-refractivity contribution in [3.63, 3.8) is 0 Å². The molecule has 2 rings (SSSR count). The van der Waals surface area contributed by atoms with Crippen molar-refractivity contribution >= 4 is 0 Å². The van der Waals surface area contributed by atoms with Crippen molar-refractivity contribution in [1.82, 2.24) is 0 Å². The third-order valence-electron chi connectivity index (χ3n) is 3.06. The van der Waals surface area contributed by atoms with Crippen molar-refractivity contribution in [3.05, 3.63) is 29.6 Å². The summed E-state index contributed by atoms with van der Waals surface area (Å²) in [5.74, 6) is 0.340. The molecule has 0 saturated heterocycles. The standard InChI is InChI=1S/C13H18FNO/c1-9(15)13-11(14)7-4-8-12(13)16-10-5-2-3-6-10/h4,7-10H,2-3,5-6,15H2,1H3/t9-/m1/s1. The molecular weight excluding hydrogens is 205 g/mol. The van der Waals surface area contributed by atoms with E-state index in [0.717, 1.165) is 12.8 Å². The molecule has 0 aromatic heterocycles. The number of hydrogen-bond donors (Lipinski definition) is 1. The van der Waals surface area contributed by atoms with Gasteiger partial charge in [0.05, 0.1) is 6.10 Å². The molecule has 3 heteroatoms. The number of ether oxygens (including phenoxy) is 1. The molecular formula is C13H18FNO. The quantitative estimate of drug-likeness (QED) is 0.854. The minimum absolute atomic E-state index is 0.235. The molecule has 1 fully saturated rings. The van der Waals surface area contributed by atoms with Crippen LogP contribution in [0.3, 0.4) is 0 Å². The van der Waals surface area contributed by atoms with Crippen molar-refractivity contribution in [2.24, 2.45) is 5.73 Å². The first-order chi connectivity index (χ1) is 7.68. The molecule has 1 aromatic rings. The van der Waals surface area contributed by atoms with Gasteiger partial charge in [0.25, 0.3) is 0 Å². The van der Waals surface area contributed by atoms with E-state index in [1.54, 1.807) is 19.1 Å². The van der Waals surface area contributed by atoms with E-state index in [0.29, 0.717) is 11.3 Å². The van der Waals surface area contributed by atoms with Crippen LogP contribution in [0.2, 0.25) is 0 Å². The molecule has 0 bridgehead atoms. The number of hydrogen-bond acceptors (Lipinski definition) is 2. The minimum Gasteiger partial charge on any atom is -0.490 e. The Hall–Kier alpha value is -1.09. The van der Waals surface area contributed by atoms with Gasteiger partial charge in [0, 0.05) is 11.6 Å². The Kier molecular flexibility index (Phi) is 3.44. The zero-order valence-corrected chi connectivity index (χ0v) is 9.58. The van der Waals surface area contributed by atoms with Crippen molar-refractivity contribution in [2.75, 3.05) is 0 Å². The van der Waals surface area contributed by atoms with Gasteiger partial charge < -0.3 is 10.5 Å². The fourth-order valence-electron chi connectivity index (χ4n) is 2.25. The Balaban J connectivity index is 2.21. The maximum Gasteiger partial charge on any atom is 0.131 e. The fraction of sp³-hybridized carbons (Fsp3) is 0.538. The fourth-order valence-corrected chi connectivity index (χ4v) is 2.25. The van der Waals surface area contributed by atoms with Gasteiger partial charge in [-0.2, -0.15) is 0 Å². The summed E-state index contributed by atoms with van der Waals surface area (Å²) in [4.78, 5) is 0. The van der Waals surface area contributed by atoms with Gasteiger partial charge >= 0.3 is 0 Å². The van der Waals surface area contributed by atoms with Crippen LogP contribution in [-0.4, -0.2) is 6.10 Å². The lowest BCUT2D eigenvalue weighted by molar-refractivity contribution is 0.206. The highest BCUT2D eigenvalue weighted by Crippen LogP contribution is 2.30. The molecule has 88 valence electrons. The largest absolute Gasteiger partial charge is 0.490 e. The molecule has 1 saturated carbocycles. The maximum atomic E-state index is 13.6. The lowest BCUT2D eigenvalue weighted by Crippen LogP contribution is -2.16. The minimum atomic E-state index is -0.336. The highest BCUT2D eigenvalue weighted by Gasteiger charge is 2.20. The molecule has 16 heavy (non-hydrogen) atoms. The maximum absolute atomic E-state index is 13.6. The second-order valence-electron chi connectivity index (χ2n) is 4.46.